The van der Waals surface area contributed by atoms with E-state index in [0.29, 0.717) is 39.2 Å². The van der Waals surface area contributed by atoms with Crippen molar-refractivity contribution >= 4 is 16.9 Å². The lowest BCUT2D eigenvalue weighted by molar-refractivity contribution is 0.386. The summed E-state index contributed by atoms with van der Waals surface area (Å²) in [6.07, 6.45) is 3.21. The number of pyridine rings is 1. The summed E-state index contributed by atoms with van der Waals surface area (Å²) in [7, 11) is 1.40. The highest BCUT2D eigenvalue weighted by molar-refractivity contribution is 6.03. The zero-order chi connectivity index (χ0) is 23.8. The van der Waals surface area contributed by atoms with Gasteiger partial charge in [0.2, 0.25) is 0 Å². The van der Waals surface area contributed by atoms with Gasteiger partial charge in [-0.1, -0.05) is 12.1 Å². The Labute approximate surface area is 194 Å². The van der Waals surface area contributed by atoms with Gasteiger partial charge in [-0.3, -0.25) is 0 Å². The summed E-state index contributed by atoms with van der Waals surface area (Å²) in [6, 6.07) is 10.9. The molecule has 9 heteroatoms. The number of nitrogens with two attached hydrogens (primary N) is 1. The Morgan fingerprint density at radius 2 is 1.85 bits per heavy atom. The summed E-state index contributed by atoms with van der Waals surface area (Å²) >= 11 is 0. The van der Waals surface area contributed by atoms with Gasteiger partial charge in [0, 0.05) is 30.3 Å². The zero-order valence-corrected chi connectivity index (χ0v) is 18.5. The van der Waals surface area contributed by atoms with E-state index in [1.54, 1.807) is 18.5 Å². The molecular weight excluding hydrogens is 438 g/mol. The Hall–Kier alpha value is -4.03. The second-order valence-electron chi connectivity index (χ2n) is 8.27. The van der Waals surface area contributed by atoms with E-state index in [1.807, 2.05) is 6.07 Å². The number of halogens is 2. The Kier molecular flexibility index (Phi) is 5.59. The van der Waals surface area contributed by atoms with Crippen molar-refractivity contribution in [3.8, 4) is 34.2 Å². The first kappa shape index (κ1) is 21.8. The number of aromatic amines is 1. The minimum absolute atomic E-state index is 0.0631. The number of aromatic nitrogens is 3. The van der Waals surface area contributed by atoms with Crippen molar-refractivity contribution in [2.75, 3.05) is 25.1 Å². The maximum absolute atomic E-state index is 14.7. The van der Waals surface area contributed by atoms with Crippen molar-refractivity contribution in [1.82, 2.24) is 15.0 Å². The lowest BCUT2D eigenvalue weighted by Crippen LogP contribution is -2.40. The quantitative estimate of drug-likeness (QED) is 0.469. The third-order valence-electron chi connectivity index (χ3n) is 6.20. The molecule has 0 radical (unpaired) electrons. The molecule has 0 unspecified atom stereocenters. The van der Waals surface area contributed by atoms with Gasteiger partial charge in [0.1, 0.15) is 22.9 Å². The summed E-state index contributed by atoms with van der Waals surface area (Å²) in [5.41, 5.74) is 9.30. The minimum Gasteiger partial charge on any atom is -0.494 e. The number of nitriles is 1. The molecule has 0 aliphatic carbocycles. The largest absolute Gasteiger partial charge is 0.494 e. The van der Waals surface area contributed by atoms with Crippen LogP contribution in [0.4, 0.5) is 14.6 Å². The third kappa shape index (κ3) is 3.72. The Balaban J connectivity index is 1.78. The van der Waals surface area contributed by atoms with Gasteiger partial charge < -0.3 is 20.4 Å². The number of methoxy groups -OCH3 is 1. The molecule has 2 aromatic carbocycles. The molecule has 5 rings (SSSR count). The Morgan fingerprint density at radius 1 is 1.12 bits per heavy atom. The van der Waals surface area contributed by atoms with E-state index in [1.165, 1.54) is 31.4 Å². The Morgan fingerprint density at radius 3 is 2.53 bits per heavy atom. The smallest absolute Gasteiger partial charge is 0.165 e. The first-order valence-electron chi connectivity index (χ1n) is 10.9. The van der Waals surface area contributed by atoms with Gasteiger partial charge in [-0.15, -0.1) is 0 Å². The van der Waals surface area contributed by atoms with Gasteiger partial charge >= 0.3 is 0 Å². The maximum atomic E-state index is 14.7. The van der Waals surface area contributed by atoms with Crippen LogP contribution in [0.1, 0.15) is 18.4 Å². The molecule has 1 fully saturated rings. The molecule has 7 nitrogen and oxygen atoms in total. The van der Waals surface area contributed by atoms with Crippen molar-refractivity contribution in [3.05, 3.63) is 59.9 Å². The number of H-pyrrole nitrogens is 1. The number of anilines is 1. The van der Waals surface area contributed by atoms with Crippen LogP contribution >= 0.6 is 0 Å². The van der Waals surface area contributed by atoms with Gasteiger partial charge in [-0.2, -0.15) is 5.26 Å². The van der Waals surface area contributed by atoms with Crippen molar-refractivity contribution in [1.29, 1.82) is 5.26 Å². The zero-order valence-electron chi connectivity index (χ0n) is 18.5. The predicted molar refractivity (Wildman–Crippen MR) is 125 cm³/mol. The van der Waals surface area contributed by atoms with Gasteiger partial charge in [0.15, 0.2) is 17.4 Å². The monoisotopic (exact) mass is 460 g/mol. The van der Waals surface area contributed by atoms with Crippen LogP contribution in [0.2, 0.25) is 0 Å². The molecular formula is C25H22F2N6O. The van der Waals surface area contributed by atoms with E-state index in [0.717, 1.165) is 25.9 Å². The van der Waals surface area contributed by atoms with Crippen LogP contribution in [-0.2, 0) is 0 Å². The molecule has 0 atom stereocenters. The number of hydrogen-bond acceptors (Lipinski definition) is 6. The molecule has 34 heavy (non-hydrogen) atoms. The molecule has 1 saturated heterocycles. The van der Waals surface area contributed by atoms with E-state index in [4.69, 9.17) is 20.7 Å². The van der Waals surface area contributed by atoms with Crippen molar-refractivity contribution in [2.45, 2.75) is 18.9 Å². The molecule has 0 bridgehead atoms. The molecule has 2 aromatic heterocycles. The molecule has 3 heterocycles. The van der Waals surface area contributed by atoms with E-state index >= 15 is 0 Å². The lowest BCUT2D eigenvalue weighted by atomic mass is 9.96. The van der Waals surface area contributed by atoms with Crippen LogP contribution in [0, 0.1) is 23.0 Å². The van der Waals surface area contributed by atoms with E-state index in [2.05, 4.69) is 14.9 Å². The number of rotatable bonds is 4. The highest BCUT2D eigenvalue weighted by atomic mass is 19.1. The average molecular weight is 460 g/mol. The first-order chi connectivity index (χ1) is 16.5. The second-order valence-corrected chi connectivity index (χ2v) is 8.27. The number of piperidine rings is 1. The van der Waals surface area contributed by atoms with E-state index in [9.17, 15) is 8.78 Å². The highest BCUT2D eigenvalue weighted by Crippen LogP contribution is 2.41. The summed E-state index contributed by atoms with van der Waals surface area (Å²) < 4.78 is 34.4. The third-order valence-corrected chi connectivity index (χ3v) is 6.20. The average Bonchev–Trinajstić information content (AvgIpc) is 3.33. The van der Waals surface area contributed by atoms with E-state index < -0.39 is 11.6 Å². The van der Waals surface area contributed by atoms with Gasteiger partial charge in [-0.05, 0) is 42.7 Å². The number of benzene rings is 2. The van der Waals surface area contributed by atoms with Crippen molar-refractivity contribution in [2.24, 2.45) is 5.73 Å². The highest BCUT2D eigenvalue weighted by Gasteiger charge is 2.25. The maximum Gasteiger partial charge on any atom is 0.165 e. The number of nitrogens with zero attached hydrogens (tertiary/aromatic N) is 4. The summed E-state index contributed by atoms with van der Waals surface area (Å²) in [5.74, 6) is -0.393. The number of imidazole rings is 1. The Bertz CT molecular complexity index is 1420. The molecule has 0 spiro atoms. The molecule has 0 amide bonds. The molecule has 4 aromatic rings. The number of fused-ring (bicyclic) bond motifs is 1. The summed E-state index contributed by atoms with van der Waals surface area (Å²) in [6.45, 7) is 1.44. The lowest BCUT2D eigenvalue weighted by Gasteiger charge is -2.32. The topological polar surface area (TPSA) is 104 Å². The predicted octanol–water partition coefficient (Wildman–Crippen LogP) is 4.38. The molecule has 172 valence electrons. The molecule has 1 aliphatic heterocycles. The SMILES string of the molecule is COc1ccc(-c2c(-c3ccc(C#N)c(F)c3)nc(N3CCC(N)CC3)c3[nH]cnc23)cc1F. The molecule has 1 aliphatic rings. The van der Waals surface area contributed by atoms with Crippen LogP contribution in [0.25, 0.3) is 33.4 Å². The van der Waals surface area contributed by atoms with Crippen LogP contribution in [0.3, 0.4) is 0 Å². The fourth-order valence-electron chi connectivity index (χ4n) is 4.38. The van der Waals surface area contributed by atoms with Crippen LogP contribution in [0.5, 0.6) is 5.75 Å². The number of hydrogen-bond donors (Lipinski definition) is 2. The van der Waals surface area contributed by atoms with Gasteiger partial charge in [-0.25, -0.2) is 18.7 Å². The normalized spacial score (nSPS) is 14.4. The summed E-state index contributed by atoms with van der Waals surface area (Å²) in [5, 5.41) is 9.15. The second kappa shape index (κ2) is 8.72. The standard InChI is InChI=1S/C25H22F2N6O/c1-34-20-5-4-14(10-19(20)27)21-22(15-2-3-16(12-28)18(26)11-15)32-25(24-23(21)30-13-31-24)33-8-6-17(29)7-9-33/h2-5,10-11,13,17H,6-9,29H2,1H3,(H,30,31). The molecule has 0 saturated carbocycles. The van der Waals surface area contributed by atoms with Crippen LogP contribution in [-0.4, -0.2) is 41.2 Å². The number of nitrogens with one attached hydrogen (secondary N) is 1. The van der Waals surface area contributed by atoms with Crippen molar-refractivity contribution < 1.29 is 13.5 Å². The fourth-order valence-corrected chi connectivity index (χ4v) is 4.38. The van der Waals surface area contributed by atoms with Crippen LogP contribution in [0.15, 0.2) is 42.7 Å². The van der Waals surface area contributed by atoms with E-state index in [-0.39, 0.29) is 17.4 Å². The summed E-state index contributed by atoms with van der Waals surface area (Å²) in [4.78, 5) is 14.8. The van der Waals surface area contributed by atoms with Crippen molar-refractivity contribution in [3.63, 3.8) is 0 Å². The fraction of sp³-hybridized carbons (Fsp3) is 0.240. The molecule has 3 N–H and O–H groups in total. The first-order valence-corrected chi connectivity index (χ1v) is 10.9. The van der Waals surface area contributed by atoms with Crippen LogP contribution < -0.4 is 15.4 Å². The number of ether oxygens (including phenoxy) is 1. The van der Waals surface area contributed by atoms with Gasteiger partial charge in [0.25, 0.3) is 0 Å². The minimum atomic E-state index is -0.652. The van der Waals surface area contributed by atoms with Gasteiger partial charge in [0.05, 0.1) is 24.7 Å².